The van der Waals surface area contributed by atoms with Gasteiger partial charge in [-0.2, -0.15) is 0 Å². The Kier molecular flexibility index (Phi) is 4.90. The maximum atomic E-state index is 11.6. The van der Waals surface area contributed by atoms with Gasteiger partial charge in [-0.15, -0.1) is 0 Å². The van der Waals surface area contributed by atoms with E-state index in [1.54, 1.807) is 23.1 Å². The van der Waals surface area contributed by atoms with Crippen LogP contribution in [0, 0.1) is 0 Å². The molecule has 1 rings (SSSR count). The Bertz CT molecular complexity index is 555. The standard InChI is InChI=1S/C12H18N2O4S/c1-9(2)14(8-12(15)18-3)10-6-4-5-7-11(10)19(13,16)17/h4-7,9H,8H2,1-3H3,(H2,13,16,17). The fraction of sp³-hybridized carbons (Fsp3) is 0.417. The number of carbonyl (C=O) groups excluding carboxylic acids is 1. The van der Waals surface area contributed by atoms with Crippen LogP contribution < -0.4 is 10.0 Å². The summed E-state index contributed by atoms with van der Waals surface area (Å²) in [5.74, 6) is -0.446. The minimum absolute atomic E-state index is 0.00685. The first kappa shape index (κ1) is 15.5. The van der Waals surface area contributed by atoms with Crippen LogP contribution in [0.3, 0.4) is 0 Å². The predicted octanol–water partition coefficient (Wildman–Crippen LogP) is 0.722. The van der Waals surface area contributed by atoms with E-state index >= 15 is 0 Å². The van der Waals surface area contributed by atoms with E-state index < -0.39 is 16.0 Å². The fourth-order valence-electron chi connectivity index (χ4n) is 1.68. The van der Waals surface area contributed by atoms with Crippen molar-refractivity contribution in [3.05, 3.63) is 24.3 Å². The van der Waals surface area contributed by atoms with Crippen LogP contribution in [0.25, 0.3) is 0 Å². The molecule has 0 aliphatic carbocycles. The van der Waals surface area contributed by atoms with E-state index in [0.717, 1.165) is 0 Å². The first-order valence-electron chi connectivity index (χ1n) is 5.72. The molecule has 0 aromatic heterocycles. The summed E-state index contributed by atoms with van der Waals surface area (Å²) in [7, 11) is -2.56. The van der Waals surface area contributed by atoms with Gasteiger partial charge >= 0.3 is 5.97 Å². The Morgan fingerprint density at radius 3 is 2.42 bits per heavy atom. The second-order valence-corrected chi connectivity index (χ2v) is 5.84. The summed E-state index contributed by atoms with van der Waals surface area (Å²) < 4.78 is 27.8. The number of hydrogen-bond acceptors (Lipinski definition) is 5. The lowest BCUT2D eigenvalue weighted by atomic mass is 10.2. The summed E-state index contributed by atoms with van der Waals surface area (Å²) in [6.45, 7) is 3.66. The fourth-order valence-corrected chi connectivity index (χ4v) is 2.43. The quantitative estimate of drug-likeness (QED) is 0.806. The third kappa shape index (κ3) is 3.93. The molecule has 0 aliphatic heterocycles. The zero-order chi connectivity index (χ0) is 14.6. The highest BCUT2D eigenvalue weighted by Crippen LogP contribution is 2.25. The van der Waals surface area contributed by atoms with Crippen LogP contribution in [0.4, 0.5) is 5.69 Å². The van der Waals surface area contributed by atoms with Gasteiger partial charge in [-0.05, 0) is 26.0 Å². The van der Waals surface area contributed by atoms with Gasteiger partial charge < -0.3 is 9.64 Å². The van der Waals surface area contributed by atoms with Gasteiger partial charge in [0.05, 0.1) is 12.8 Å². The summed E-state index contributed by atoms with van der Waals surface area (Å²) in [5, 5.41) is 5.19. The first-order chi connectivity index (χ1) is 8.77. The van der Waals surface area contributed by atoms with Gasteiger partial charge in [0.15, 0.2) is 0 Å². The third-order valence-corrected chi connectivity index (χ3v) is 3.59. The van der Waals surface area contributed by atoms with Crippen molar-refractivity contribution in [2.24, 2.45) is 5.14 Å². The van der Waals surface area contributed by atoms with E-state index in [0.29, 0.717) is 5.69 Å². The average Bonchev–Trinajstić information content (AvgIpc) is 2.34. The molecule has 0 bridgehead atoms. The van der Waals surface area contributed by atoms with Gasteiger partial charge in [0.25, 0.3) is 0 Å². The number of nitrogens with zero attached hydrogens (tertiary/aromatic N) is 1. The summed E-state index contributed by atoms with van der Waals surface area (Å²) in [4.78, 5) is 13.0. The van der Waals surface area contributed by atoms with E-state index in [-0.39, 0.29) is 17.5 Å². The molecule has 0 heterocycles. The molecule has 106 valence electrons. The predicted molar refractivity (Wildman–Crippen MR) is 72.3 cm³/mol. The van der Waals surface area contributed by atoms with Gasteiger partial charge in [-0.3, -0.25) is 4.79 Å². The summed E-state index contributed by atoms with van der Waals surface area (Å²) >= 11 is 0. The molecule has 0 atom stereocenters. The second kappa shape index (κ2) is 6.03. The van der Waals surface area contributed by atoms with Crippen molar-refractivity contribution in [3.8, 4) is 0 Å². The number of nitrogens with two attached hydrogens (primary N) is 1. The molecular weight excluding hydrogens is 268 g/mol. The average molecular weight is 286 g/mol. The molecule has 0 saturated carbocycles. The van der Waals surface area contributed by atoms with Crippen LogP contribution in [0.2, 0.25) is 0 Å². The van der Waals surface area contributed by atoms with Gasteiger partial charge in [-0.25, -0.2) is 13.6 Å². The van der Waals surface area contributed by atoms with Crippen molar-refractivity contribution in [2.75, 3.05) is 18.6 Å². The smallest absolute Gasteiger partial charge is 0.325 e. The molecule has 1 aromatic carbocycles. The lowest BCUT2D eigenvalue weighted by molar-refractivity contribution is -0.139. The van der Waals surface area contributed by atoms with Crippen molar-refractivity contribution in [3.63, 3.8) is 0 Å². The van der Waals surface area contributed by atoms with Crippen LogP contribution >= 0.6 is 0 Å². The van der Waals surface area contributed by atoms with Crippen molar-refractivity contribution in [1.82, 2.24) is 0 Å². The molecule has 0 saturated heterocycles. The molecule has 2 N–H and O–H groups in total. The maximum absolute atomic E-state index is 11.6. The summed E-state index contributed by atoms with van der Waals surface area (Å²) in [5.41, 5.74) is 0.394. The van der Waals surface area contributed by atoms with Gasteiger partial charge in [0, 0.05) is 6.04 Å². The third-order valence-electron chi connectivity index (χ3n) is 2.63. The van der Waals surface area contributed by atoms with E-state index in [4.69, 9.17) is 5.14 Å². The lowest BCUT2D eigenvalue weighted by Gasteiger charge is -2.29. The molecule has 0 spiro atoms. The number of anilines is 1. The SMILES string of the molecule is COC(=O)CN(c1ccccc1S(N)(=O)=O)C(C)C. The van der Waals surface area contributed by atoms with Crippen LogP contribution in [0.5, 0.6) is 0 Å². The van der Waals surface area contributed by atoms with E-state index in [9.17, 15) is 13.2 Å². The normalized spacial score (nSPS) is 11.4. The molecule has 1 aromatic rings. The number of para-hydroxylation sites is 1. The lowest BCUT2D eigenvalue weighted by Crippen LogP contribution is -2.37. The highest BCUT2D eigenvalue weighted by Gasteiger charge is 2.22. The topological polar surface area (TPSA) is 89.7 Å². The highest BCUT2D eigenvalue weighted by molar-refractivity contribution is 7.89. The minimum atomic E-state index is -3.85. The molecule has 0 amide bonds. The molecule has 0 aliphatic rings. The van der Waals surface area contributed by atoms with Crippen molar-refractivity contribution < 1.29 is 17.9 Å². The largest absolute Gasteiger partial charge is 0.468 e. The Morgan fingerprint density at radius 2 is 1.95 bits per heavy atom. The molecule has 19 heavy (non-hydrogen) atoms. The van der Waals surface area contributed by atoms with Crippen molar-refractivity contribution in [2.45, 2.75) is 24.8 Å². The number of carbonyl (C=O) groups is 1. The van der Waals surface area contributed by atoms with Crippen LogP contribution in [0.1, 0.15) is 13.8 Å². The molecule has 6 nitrogen and oxygen atoms in total. The monoisotopic (exact) mass is 286 g/mol. The van der Waals surface area contributed by atoms with Crippen molar-refractivity contribution in [1.29, 1.82) is 0 Å². The molecular formula is C12H18N2O4S. The molecule has 0 fully saturated rings. The zero-order valence-corrected chi connectivity index (χ0v) is 12.0. The summed E-state index contributed by atoms with van der Waals surface area (Å²) in [6.07, 6.45) is 0. The van der Waals surface area contributed by atoms with Gasteiger partial charge in [0.2, 0.25) is 10.0 Å². The van der Waals surface area contributed by atoms with E-state index in [1.165, 1.54) is 13.2 Å². The van der Waals surface area contributed by atoms with E-state index in [1.807, 2.05) is 13.8 Å². The summed E-state index contributed by atoms with van der Waals surface area (Å²) in [6, 6.07) is 6.22. The molecule has 7 heteroatoms. The second-order valence-electron chi connectivity index (χ2n) is 4.31. The number of esters is 1. The highest BCUT2D eigenvalue weighted by atomic mass is 32.2. The number of ether oxygens (including phenoxy) is 1. The maximum Gasteiger partial charge on any atom is 0.325 e. The van der Waals surface area contributed by atoms with Gasteiger partial charge in [-0.1, -0.05) is 12.1 Å². The van der Waals surface area contributed by atoms with Crippen LogP contribution in [0.15, 0.2) is 29.2 Å². The van der Waals surface area contributed by atoms with Crippen LogP contribution in [-0.4, -0.2) is 34.1 Å². The first-order valence-corrected chi connectivity index (χ1v) is 7.27. The van der Waals surface area contributed by atoms with Crippen LogP contribution in [-0.2, 0) is 19.6 Å². The number of sulfonamides is 1. The van der Waals surface area contributed by atoms with Gasteiger partial charge in [0.1, 0.15) is 11.4 Å². The number of hydrogen-bond donors (Lipinski definition) is 1. The Morgan fingerprint density at radius 1 is 1.37 bits per heavy atom. The Labute approximate surface area is 113 Å². The zero-order valence-electron chi connectivity index (χ0n) is 11.2. The number of primary sulfonamides is 1. The number of benzene rings is 1. The van der Waals surface area contributed by atoms with E-state index in [2.05, 4.69) is 4.74 Å². The number of rotatable bonds is 5. The molecule has 0 unspecified atom stereocenters. The molecule has 0 radical (unpaired) electrons. The minimum Gasteiger partial charge on any atom is -0.468 e. The number of methoxy groups -OCH3 is 1. The van der Waals surface area contributed by atoms with Crippen molar-refractivity contribution >= 4 is 21.7 Å². The Balaban J connectivity index is 3.28. The Hall–Kier alpha value is -1.60.